The Hall–Kier alpha value is -2.78. The Labute approximate surface area is 183 Å². The van der Waals surface area contributed by atoms with Crippen LogP contribution >= 0.6 is 11.6 Å². The van der Waals surface area contributed by atoms with Gasteiger partial charge < -0.3 is 15.4 Å². The molecule has 10 heteroatoms. The van der Waals surface area contributed by atoms with Gasteiger partial charge in [0.15, 0.2) is 0 Å². The molecule has 2 N–H and O–H groups in total. The molecule has 0 saturated carbocycles. The number of benzene rings is 2. The van der Waals surface area contributed by atoms with Gasteiger partial charge in [0.05, 0.1) is 30.6 Å². The number of hydrogen-bond acceptors (Lipinski definition) is 4. The summed E-state index contributed by atoms with van der Waals surface area (Å²) in [5.41, 5.74) is -0.798. The van der Waals surface area contributed by atoms with Crippen LogP contribution in [0.1, 0.15) is 18.9 Å². The zero-order valence-electron chi connectivity index (χ0n) is 17.1. The number of para-hydroxylation sites is 1. The molecule has 0 atom stereocenters. The summed E-state index contributed by atoms with van der Waals surface area (Å²) < 4.78 is 44.4. The van der Waals surface area contributed by atoms with E-state index in [2.05, 4.69) is 10.6 Å². The van der Waals surface area contributed by atoms with Crippen LogP contribution in [0.2, 0.25) is 5.02 Å². The maximum Gasteiger partial charge on any atom is 0.418 e. The molecule has 0 fully saturated rings. The molecule has 6 nitrogen and oxygen atoms in total. The summed E-state index contributed by atoms with van der Waals surface area (Å²) in [5.74, 6) is -0.467. The van der Waals surface area contributed by atoms with Gasteiger partial charge in [-0.3, -0.25) is 14.5 Å². The molecule has 0 aliphatic carbocycles. The first-order valence-electron chi connectivity index (χ1n) is 9.45. The monoisotopic (exact) mass is 457 g/mol. The van der Waals surface area contributed by atoms with Gasteiger partial charge in [-0.15, -0.1) is 0 Å². The second-order valence-electron chi connectivity index (χ2n) is 6.60. The largest absolute Gasteiger partial charge is 0.495 e. The average molecular weight is 458 g/mol. The molecule has 0 saturated heterocycles. The zero-order chi connectivity index (χ0) is 23.0. The highest BCUT2D eigenvalue weighted by molar-refractivity contribution is 6.31. The van der Waals surface area contributed by atoms with E-state index in [4.69, 9.17) is 16.3 Å². The van der Waals surface area contributed by atoms with Crippen molar-refractivity contribution in [1.29, 1.82) is 0 Å². The Morgan fingerprint density at radius 1 is 1.06 bits per heavy atom. The predicted molar refractivity (Wildman–Crippen MR) is 113 cm³/mol. The number of methoxy groups -OCH3 is 1. The fourth-order valence-corrected chi connectivity index (χ4v) is 3.00. The highest BCUT2D eigenvalue weighted by Crippen LogP contribution is 2.34. The Morgan fingerprint density at radius 3 is 2.39 bits per heavy atom. The van der Waals surface area contributed by atoms with E-state index in [1.165, 1.54) is 25.3 Å². The smallest absolute Gasteiger partial charge is 0.418 e. The number of amides is 2. The molecular weight excluding hydrogens is 435 g/mol. The third-order valence-corrected chi connectivity index (χ3v) is 4.65. The third kappa shape index (κ3) is 7.45. The zero-order valence-corrected chi connectivity index (χ0v) is 17.8. The fourth-order valence-electron chi connectivity index (χ4n) is 2.83. The SMILES string of the molecule is CCN(CCC(=O)Nc1cc(Cl)ccc1OC)CC(=O)Nc1ccccc1C(F)(F)F. The van der Waals surface area contributed by atoms with Gasteiger partial charge in [-0.2, -0.15) is 13.2 Å². The molecule has 0 bridgehead atoms. The first-order valence-corrected chi connectivity index (χ1v) is 9.83. The standard InChI is InChI=1S/C21H23ClF3N3O3/c1-3-28(11-10-19(29)27-17-12-14(22)8-9-18(17)31-2)13-20(30)26-16-7-5-4-6-15(16)21(23,24)25/h4-9,12H,3,10-11,13H2,1-2H3,(H,26,30)(H,27,29). The van der Waals surface area contributed by atoms with Gasteiger partial charge >= 0.3 is 6.18 Å². The van der Waals surface area contributed by atoms with Crippen LogP contribution in [0.25, 0.3) is 0 Å². The molecule has 2 amide bonds. The van der Waals surface area contributed by atoms with Crippen molar-refractivity contribution >= 4 is 34.8 Å². The van der Waals surface area contributed by atoms with E-state index in [-0.39, 0.29) is 31.1 Å². The van der Waals surface area contributed by atoms with Crippen LogP contribution < -0.4 is 15.4 Å². The lowest BCUT2D eigenvalue weighted by Crippen LogP contribution is -2.35. The van der Waals surface area contributed by atoms with Gasteiger partial charge in [0.1, 0.15) is 5.75 Å². The summed E-state index contributed by atoms with van der Waals surface area (Å²) in [6, 6.07) is 9.58. The molecule has 0 radical (unpaired) electrons. The summed E-state index contributed by atoms with van der Waals surface area (Å²) in [7, 11) is 1.47. The van der Waals surface area contributed by atoms with Crippen molar-refractivity contribution in [3.63, 3.8) is 0 Å². The maximum absolute atomic E-state index is 13.1. The van der Waals surface area contributed by atoms with E-state index < -0.39 is 17.6 Å². The molecule has 0 heterocycles. The molecule has 2 aromatic rings. The number of nitrogens with one attached hydrogen (secondary N) is 2. The number of carbonyl (C=O) groups excluding carboxylic acids is 2. The van der Waals surface area contributed by atoms with Crippen LogP contribution in [0.15, 0.2) is 42.5 Å². The summed E-state index contributed by atoms with van der Waals surface area (Å²) >= 11 is 5.94. The minimum atomic E-state index is -4.58. The van der Waals surface area contributed by atoms with Gasteiger partial charge in [-0.05, 0) is 36.9 Å². The van der Waals surface area contributed by atoms with Gasteiger partial charge in [-0.25, -0.2) is 0 Å². The van der Waals surface area contributed by atoms with Crippen molar-refractivity contribution in [2.45, 2.75) is 19.5 Å². The number of ether oxygens (including phenoxy) is 1. The normalized spacial score (nSPS) is 11.3. The number of likely N-dealkylation sites (N-methyl/N-ethyl adjacent to an activating group) is 1. The highest BCUT2D eigenvalue weighted by atomic mass is 35.5. The first-order chi connectivity index (χ1) is 14.6. The maximum atomic E-state index is 13.1. The number of rotatable bonds is 9. The lowest BCUT2D eigenvalue weighted by atomic mass is 10.1. The molecule has 2 rings (SSSR count). The van der Waals surface area contributed by atoms with Crippen LogP contribution in [-0.4, -0.2) is 43.5 Å². The number of carbonyl (C=O) groups is 2. The number of hydrogen-bond donors (Lipinski definition) is 2. The third-order valence-electron chi connectivity index (χ3n) is 4.41. The van der Waals surface area contributed by atoms with Gasteiger partial charge in [-0.1, -0.05) is 30.7 Å². The van der Waals surface area contributed by atoms with Crippen molar-refractivity contribution in [3.8, 4) is 5.75 Å². The van der Waals surface area contributed by atoms with Crippen LogP contribution in [0, 0.1) is 0 Å². The average Bonchev–Trinajstić information content (AvgIpc) is 2.71. The molecule has 0 unspecified atom stereocenters. The van der Waals surface area contributed by atoms with Crippen molar-refractivity contribution in [2.75, 3.05) is 37.4 Å². The number of nitrogens with zero attached hydrogens (tertiary/aromatic N) is 1. The van der Waals surface area contributed by atoms with Crippen LogP contribution in [0.4, 0.5) is 24.5 Å². The summed E-state index contributed by atoms with van der Waals surface area (Å²) in [4.78, 5) is 26.2. The number of anilines is 2. The molecule has 0 spiro atoms. The van der Waals surface area contributed by atoms with E-state index in [9.17, 15) is 22.8 Å². The fraction of sp³-hybridized carbons (Fsp3) is 0.333. The number of halogens is 4. The lowest BCUT2D eigenvalue weighted by molar-refractivity contribution is -0.137. The number of alkyl halides is 3. The summed E-state index contributed by atoms with van der Waals surface area (Å²) in [6.45, 7) is 2.30. The molecule has 31 heavy (non-hydrogen) atoms. The molecular formula is C21H23ClF3N3O3. The first kappa shape index (κ1) is 24.5. The van der Waals surface area contributed by atoms with Gasteiger partial charge in [0, 0.05) is 18.0 Å². The Balaban J connectivity index is 1.92. The van der Waals surface area contributed by atoms with Crippen molar-refractivity contribution < 1.29 is 27.5 Å². The minimum Gasteiger partial charge on any atom is -0.495 e. The van der Waals surface area contributed by atoms with Crippen LogP contribution in [-0.2, 0) is 15.8 Å². The Bertz CT molecular complexity index is 922. The molecule has 0 aromatic heterocycles. The summed E-state index contributed by atoms with van der Waals surface area (Å²) in [6.07, 6.45) is -4.51. The van der Waals surface area contributed by atoms with Crippen LogP contribution in [0.5, 0.6) is 5.75 Å². The Kier molecular flexibility index (Phi) is 8.70. The van der Waals surface area contributed by atoms with Crippen molar-refractivity contribution in [3.05, 3.63) is 53.1 Å². The van der Waals surface area contributed by atoms with E-state index in [1.807, 2.05) is 0 Å². The van der Waals surface area contributed by atoms with E-state index in [1.54, 1.807) is 30.0 Å². The Morgan fingerprint density at radius 2 is 1.74 bits per heavy atom. The van der Waals surface area contributed by atoms with E-state index in [0.717, 1.165) is 6.07 Å². The lowest BCUT2D eigenvalue weighted by Gasteiger charge is -2.20. The van der Waals surface area contributed by atoms with E-state index in [0.29, 0.717) is 23.0 Å². The molecule has 2 aromatic carbocycles. The van der Waals surface area contributed by atoms with Crippen LogP contribution in [0.3, 0.4) is 0 Å². The molecule has 168 valence electrons. The van der Waals surface area contributed by atoms with Crippen molar-refractivity contribution in [2.24, 2.45) is 0 Å². The van der Waals surface area contributed by atoms with Gasteiger partial charge in [0.2, 0.25) is 11.8 Å². The van der Waals surface area contributed by atoms with Crippen molar-refractivity contribution in [1.82, 2.24) is 4.90 Å². The van der Waals surface area contributed by atoms with E-state index >= 15 is 0 Å². The molecule has 0 aliphatic heterocycles. The second-order valence-corrected chi connectivity index (χ2v) is 7.04. The quantitative estimate of drug-likeness (QED) is 0.574. The topological polar surface area (TPSA) is 70.7 Å². The minimum absolute atomic E-state index is 0.0654. The summed E-state index contributed by atoms with van der Waals surface area (Å²) in [5, 5.41) is 5.43. The predicted octanol–water partition coefficient (Wildman–Crippen LogP) is 4.66. The van der Waals surface area contributed by atoms with Gasteiger partial charge in [0.25, 0.3) is 0 Å². The molecule has 0 aliphatic rings. The second kappa shape index (κ2) is 11.0. The highest BCUT2D eigenvalue weighted by Gasteiger charge is 2.33.